The molecule has 2 N–H and O–H groups in total. The number of sulfone groups is 1. The quantitative estimate of drug-likeness (QED) is 0.529. The Bertz CT molecular complexity index is 182. The van der Waals surface area contributed by atoms with Crippen LogP contribution in [0.3, 0.4) is 0 Å². The lowest BCUT2D eigenvalue weighted by Crippen LogP contribution is -2.24. The highest BCUT2D eigenvalue weighted by Crippen LogP contribution is 2.02. The Kier molecular flexibility index (Phi) is 3.27. The van der Waals surface area contributed by atoms with Crippen LogP contribution in [0.5, 0.6) is 0 Å². The molecule has 0 saturated heterocycles. The summed E-state index contributed by atoms with van der Waals surface area (Å²) in [5.74, 6) is -0.806. The predicted octanol–water partition coefficient (Wildman–Crippen LogP) is -1.02. The van der Waals surface area contributed by atoms with Crippen LogP contribution < -0.4 is 0 Å². The molecule has 0 radical (unpaired) electrons. The van der Waals surface area contributed by atoms with E-state index in [1.165, 1.54) is 6.92 Å². The first-order valence-electron chi connectivity index (χ1n) is 2.87. The van der Waals surface area contributed by atoms with Crippen LogP contribution in [0.2, 0.25) is 0 Å². The Hall–Kier alpha value is -0.130. The van der Waals surface area contributed by atoms with Gasteiger partial charge in [-0.3, -0.25) is 0 Å². The fourth-order valence-corrected chi connectivity index (χ4v) is 1.69. The molecule has 62 valence electrons. The lowest BCUT2D eigenvalue weighted by atomic mass is 10.2. The van der Waals surface area contributed by atoms with Gasteiger partial charge in [-0.25, -0.2) is 8.42 Å². The molecule has 0 aliphatic carbocycles. The average Bonchev–Trinajstić information content (AvgIpc) is 1.60. The van der Waals surface area contributed by atoms with Crippen LogP contribution in [0, 0.1) is 5.92 Å². The number of aliphatic hydroxyl groups excluding tert-OH is 1. The van der Waals surface area contributed by atoms with Crippen LogP contribution in [0.25, 0.3) is 0 Å². The van der Waals surface area contributed by atoms with Crippen molar-refractivity contribution in [1.82, 2.24) is 0 Å². The van der Waals surface area contributed by atoms with E-state index < -0.39 is 22.0 Å². The van der Waals surface area contributed by atoms with Crippen molar-refractivity contribution < 1.29 is 18.6 Å². The Morgan fingerprint density at radius 1 is 1.40 bits per heavy atom. The molecule has 0 fully saturated rings. The van der Waals surface area contributed by atoms with Gasteiger partial charge in [-0.1, -0.05) is 6.92 Å². The molecule has 0 rings (SSSR count). The highest BCUT2D eigenvalue weighted by molar-refractivity contribution is 7.90. The highest BCUT2D eigenvalue weighted by Gasteiger charge is 2.15. The summed E-state index contributed by atoms with van der Waals surface area (Å²) in [4.78, 5) is 0. The summed E-state index contributed by atoms with van der Waals surface area (Å²) in [5, 5.41) is 17.0. The van der Waals surface area contributed by atoms with E-state index in [0.29, 0.717) is 0 Å². The Labute approximate surface area is 60.4 Å². The summed E-state index contributed by atoms with van der Waals surface area (Å²) in [6.45, 7) is 1.46. The third-order valence-corrected chi connectivity index (χ3v) is 2.21. The second-order valence-corrected chi connectivity index (χ2v) is 4.67. The number of rotatable bonds is 3. The maximum Gasteiger partial charge on any atom is 0.155 e. The lowest BCUT2D eigenvalue weighted by molar-refractivity contribution is -0.0721. The Morgan fingerprint density at radius 2 is 1.80 bits per heavy atom. The third-order valence-electron chi connectivity index (χ3n) is 1.07. The monoisotopic (exact) mass is 168 g/mol. The third kappa shape index (κ3) is 4.72. The molecule has 5 heteroatoms. The van der Waals surface area contributed by atoms with Crippen LogP contribution >= 0.6 is 0 Å². The molecule has 0 aromatic rings. The molecular formula is C5H12O4S. The smallest absolute Gasteiger partial charge is 0.155 e. The maximum absolute atomic E-state index is 10.5. The standard InChI is InChI=1S/C5H12O4S/c1-4(5(6)7)3-10(2,8)9/h4-7H,3H2,1-2H3. The van der Waals surface area contributed by atoms with Crippen molar-refractivity contribution in [3.8, 4) is 0 Å². The van der Waals surface area contributed by atoms with Crippen molar-refractivity contribution in [1.29, 1.82) is 0 Å². The van der Waals surface area contributed by atoms with E-state index >= 15 is 0 Å². The summed E-state index contributed by atoms with van der Waals surface area (Å²) < 4.78 is 21.0. The van der Waals surface area contributed by atoms with Gasteiger partial charge in [-0.2, -0.15) is 0 Å². The molecule has 1 atom stereocenters. The molecule has 10 heavy (non-hydrogen) atoms. The molecule has 0 spiro atoms. The predicted molar refractivity (Wildman–Crippen MR) is 37.1 cm³/mol. The van der Waals surface area contributed by atoms with Crippen molar-refractivity contribution in [2.75, 3.05) is 12.0 Å². The Morgan fingerprint density at radius 3 is 1.90 bits per heavy atom. The van der Waals surface area contributed by atoms with Gasteiger partial charge >= 0.3 is 0 Å². The zero-order valence-corrected chi connectivity index (χ0v) is 6.80. The summed E-state index contributed by atoms with van der Waals surface area (Å²) >= 11 is 0. The molecular weight excluding hydrogens is 156 g/mol. The van der Waals surface area contributed by atoms with E-state index in [-0.39, 0.29) is 5.75 Å². The first-order chi connectivity index (χ1) is 4.33. The minimum absolute atomic E-state index is 0.190. The first kappa shape index (κ1) is 9.87. The van der Waals surface area contributed by atoms with Gasteiger partial charge in [-0.05, 0) is 0 Å². The van der Waals surface area contributed by atoms with Crippen LogP contribution in [0.15, 0.2) is 0 Å². The number of aliphatic hydroxyl groups is 2. The molecule has 0 aromatic carbocycles. The van der Waals surface area contributed by atoms with E-state index in [4.69, 9.17) is 10.2 Å². The summed E-state index contributed by atoms with van der Waals surface area (Å²) in [5.41, 5.74) is 0. The van der Waals surface area contributed by atoms with Gasteiger partial charge < -0.3 is 10.2 Å². The molecule has 0 bridgehead atoms. The van der Waals surface area contributed by atoms with Gasteiger partial charge in [0.05, 0.1) is 5.75 Å². The van der Waals surface area contributed by atoms with Gasteiger partial charge in [-0.15, -0.1) is 0 Å². The van der Waals surface area contributed by atoms with Gasteiger partial charge in [0, 0.05) is 12.2 Å². The van der Waals surface area contributed by atoms with E-state index in [1.807, 2.05) is 0 Å². The second kappa shape index (κ2) is 3.32. The van der Waals surface area contributed by atoms with Crippen LogP contribution in [-0.2, 0) is 9.84 Å². The van der Waals surface area contributed by atoms with Gasteiger partial charge in [0.1, 0.15) is 9.84 Å². The van der Waals surface area contributed by atoms with E-state index in [9.17, 15) is 8.42 Å². The SMILES string of the molecule is CC(CS(C)(=O)=O)C(O)O. The first-order valence-corrected chi connectivity index (χ1v) is 4.93. The minimum Gasteiger partial charge on any atom is -0.368 e. The minimum atomic E-state index is -3.09. The Balaban J connectivity index is 3.93. The fraction of sp³-hybridized carbons (Fsp3) is 1.00. The summed E-state index contributed by atoms with van der Waals surface area (Å²) in [7, 11) is -3.09. The summed E-state index contributed by atoms with van der Waals surface area (Å²) in [6.07, 6.45) is -0.485. The number of hydrogen-bond acceptors (Lipinski definition) is 4. The van der Waals surface area contributed by atoms with Crippen molar-refractivity contribution in [2.45, 2.75) is 13.2 Å². The molecule has 0 aliphatic heterocycles. The molecule has 4 nitrogen and oxygen atoms in total. The molecule has 0 saturated carbocycles. The molecule has 0 amide bonds. The zero-order chi connectivity index (χ0) is 8.36. The highest BCUT2D eigenvalue weighted by atomic mass is 32.2. The largest absolute Gasteiger partial charge is 0.368 e. The topological polar surface area (TPSA) is 74.6 Å². The fourth-order valence-electron chi connectivity index (χ4n) is 0.564. The van der Waals surface area contributed by atoms with Gasteiger partial charge in [0.2, 0.25) is 0 Å². The summed E-state index contributed by atoms with van der Waals surface area (Å²) in [6, 6.07) is 0. The van der Waals surface area contributed by atoms with Crippen LogP contribution in [0.4, 0.5) is 0 Å². The molecule has 0 aromatic heterocycles. The van der Waals surface area contributed by atoms with Crippen LogP contribution in [-0.4, -0.2) is 36.9 Å². The number of hydrogen-bond donors (Lipinski definition) is 2. The molecule has 1 unspecified atom stereocenters. The second-order valence-electron chi connectivity index (χ2n) is 2.48. The van der Waals surface area contributed by atoms with E-state index in [2.05, 4.69) is 0 Å². The van der Waals surface area contributed by atoms with Gasteiger partial charge in [0.15, 0.2) is 6.29 Å². The van der Waals surface area contributed by atoms with Crippen molar-refractivity contribution in [3.05, 3.63) is 0 Å². The normalized spacial score (nSPS) is 15.7. The lowest BCUT2D eigenvalue weighted by Gasteiger charge is -2.10. The van der Waals surface area contributed by atoms with Crippen molar-refractivity contribution in [2.24, 2.45) is 5.92 Å². The van der Waals surface area contributed by atoms with Gasteiger partial charge in [0.25, 0.3) is 0 Å². The average molecular weight is 168 g/mol. The van der Waals surface area contributed by atoms with Crippen molar-refractivity contribution in [3.63, 3.8) is 0 Å². The van der Waals surface area contributed by atoms with E-state index in [1.54, 1.807) is 0 Å². The van der Waals surface area contributed by atoms with Crippen LogP contribution in [0.1, 0.15) is 6.92 Å². The molecule has 0 aliphatic rings. The van der Waals surface area contributed by atoms with Crippen molar-refractivity contribution >= 4 is 9.84 Å². The molecule has 0 heterocycles. The maximum atomic E-state index is 10.5. The zero-order valence-electron chi connectivity index (χ0n) is 5.98. The van der Waals surface area contributed by atoms with E-state index in [0.717, 1.165) is 6.26 Å².